The van der Waals surface area contributed by atoms with E-state index in [1.165, 1.54) is 25.7 Å². The molecular formula is C14H26N4S. The molecule has 0 saturated heterocycles. The lowest BCUT2D eigenvalue weighted by atomic mass is 10.2. The summed E-state index contributed by atoms with van der Waals surface area (Å²) < 4.78 is 2.16. The van der Waals surface area contributed by atoms with Gasteiger partial charge in [0.15, 0.2) is 0 Å². The molecule has 1 aliphatic carbocycles. The second-order valence-electron chi connectivity index (χ2n) is 5.68. The maximum absolute atomic E-state index is 5.64. The van der Waals surface area contributed by atoms with Gasteiger partial charge in [0.1, 0.15) is 0 Å². The average molecular weight is 282 g/mol. The molecule has 1 aromatic heterocycles. The van der Waals surface area contributed by atoms with E-state index in [0.29, 0.717) is 17.3 Å². The van der Waals surface area contributed by atoms with Crippen LogP contribution < -0.4 is 11.3 Å². The lowest BCUT2D eigenvalue weighted by Crippen LogP contribution is -2.39. The largest absolute Gasteiger partial charge is 0.271 e. The summed E-state index contributed by atoms with van der Waals surface area (Å²) in [4.78, 5) is 0. The fraction of sp³-hybridized carbons (Fsp3) is 0.786. The van der Waals surface area contributed by atoms with Crippen molar-refractivity contribution < 1.29 is 0 Å². The van der Waals surface area contributed by atoms with Crippen molar-refractivity contribution in [3.05, 3.63) is 18.0 Å². The summed E-state index contributed by atoms with van der Waals surface area (Å²) in [5, 5.41) is 5.36. The number of thioether (sulfide) groups is 1. The quantitative estimate of drug-likeness (QED) is 0.596. The lowest BCUT2D eigenvalue weighted by molar-refractivity contribution is 0.459. The van der Waals surface area contributed by atoms with Crippen LogP contribution in [0.1, 0.15) is 51.3 Å². The van der Waals surface area contributed by atoms with Crippen LogP contribution in [0.3, 0.4) is 0 Å². The van der Waals surface area contributed by atoms with Crippen LogP contribution in [-0.4, -0.2) is 26.8 Å². The van der Waals surface area contributed by atoms with Crippen LogP contribution in [0.15, 0.2) is 12.3 Å². The summed E-state index contributed by atoms with van der Waals surface area (Å²) in [6, 6.07) is 3.07. The molecule has 3 N–H and O–H groups in total. The molecule has 1 heterocycles. The molecule has 0 amide bonds. The first-order valence-corrected chi connectivity index (χ1v) is 8.35. The first-order chi connectivity index (χ1) is 9.19. The average Bonchev–Trinajstić information content (AvgIpc) is 3.04. The lowest BCUT2D eigenvalue weighted by Gasteiger charge is -2.15. The molecule has 1 atom stereocenters. The van der Waals surface area contributed by atoms with E-state index in [0.717, 1.165) is 17.9 Å². The minimum absolute atomic E-state index is 0.305. The van der Waals surface area contributed by atoms with Gasteiger partial charge in [0.2, 0.25) is 0 Å². The molecule has 2 rings (SSSR count). The topological polar surface area (TPSA) is 55.9 Å². The Bertz CT molecular complexity index is 371. The Kier molecular flexibility index (Phi) is 5.73. The van der Waals surface area contributed by atoms with Gasteiger partial charge in [-0.3, -0.25) is 16.0 Å². The summed E-state index contributed by atoms with van der Waals surface area (Å²) in [5.41, 5.74) is 4.07. The third-order valence-electron chi connectivity index (χ3n) is 3.68. The zero-order valence-corrected chi connectivity index (χ0v) is 12.8. The Hall–Kier alpha value is -0.520. The van der Waals surface area contributed by atoms with Gasteiger partial charge < -0.3 is 0 Å². The van der Waals surface area contributed by atoms with Crippen molar-refractivity contribution in [1.29, 1.82) is 0 Å². The zero-order valence-electron chi connectivity index (χ0n) is 12.0. The predicted octanol–water partition coefficient (Wildman–Crippen LogP) is 2.51. The van der Waals surface area contributed by atoms with E-state index in [1.807, 2.05) is 11.8 Å². The Morgan fingerprint density at radius 3 is 2.84 bits per heavy atom. The molecule has 5 heteroatoms. The molecule has 1 aromatic rings. The van der Waals surface area contributed by atoms with Crippen LogP contribution in [0.5, 0.6) is 0 Å². The van der Waals surface area contributed by atoms with Crippen molar-refractivity contribution in [3.8, 4) is 0 Å². The number of nitrogens with one attached hydrogen (secondary N) is 1. The van der Waals surface area contributed by atoms with Gasteiger partial charge in [-0.15, -0.1) is 0 Å². The molecule has 0 radical (unpaired) electrons. The molecule has 1 saturated carbocycles. The number of hydrogen-bond acceptors (Lipinski definition) is 4. The maximum atomic E-state index is 5.64. The van der Waals surface area contributed by atoms with Crippen LogP contribution in [0.25, 0.3) is 0 Å². The number of rotatable bonds is 7. The number of aromatic nitrogens is 2. The van der Waals surface area contributed by atoms with E-state index in [1.54, 1.807) is 0 Å². The summed E-state index contributed by atoms with van der Waals surface area (Å²) in [7, 11) is 0. The summed E-state index contributed by atoms with van der Waals surface area (Å²) in [6.07, 6.45) is 8.30. The molecule has 1 fully saturated rings. The number of hydrogen-bond donors (Lipinski definition) is 2. The highest BCUT2D eigenvalue weighted by molar-refractivity contribution is 7.99. The van der Waals surface area contributed by atoms with E-state index in [-0.39, 0.29) is 0 Å². The van der Waals surface area contributed by atoms with Crippen LogP contribution >= 0.6 is 11.8 Å². The minimum atomic E-state index is 0.305. The summed E-state index contributed by atoms with van der Waals surface area (Å²) >= 11 is 1.94. The second-order valence-corrected chi connectivity index (χ2v) is 7.28. The van der Waals surface area contributed by atoms with E-state index in [2.05, 4.69) is 36.2 Å². The van der Waals surface area contributed by atoms with Gasteiger partial charge in [0, 0.05) is 24.4 Å². The smallest absolute Gasteiger partial charge is 0.0641 e. The Morgan fingerprint density at radius 2 is 2.21 bits per heavy atom. The fourth-order valence-electron chi connectivity index (χ4n) is 2.59. The highest BCUT2D eigenvalue weighted by atomic mass is 32.2. The number of nitrogens with zero attached hydrogens (tertiary/aromatic N) is 2. The van der Waals surface area contributed by atoms with Gasteiger partial charge in [-0.2, -0.15) is 16.9 Å². The molecule has 0 aliphatic heterocycles. The molecule has 1 aliphatic rings. The van der Waals surface area contributed by atoms with Gasteiger partial charge in [0.05, 0.1) is 11.7 Å². The Morgan fingerprint density at radius 1 is 1.47 bits per heavy atom. The van der Waals surface area contributed by atoms with Crippen LogP contribution in [0.2, 0.25) is 0 Å². The van der Waals surface area contributed by atoms with E-state index in [4.69, 9.17) is 10.9 Å². The summed E-state index contributed by atoms with van der Waals surface area (Å²) in [5.74, 6) is 6.67. The van der Waals surface area contributed by atoms with Crippen LogP contribution in [0, 0.1) is 0 Å². The van der Waals surface area contributed by atoms with Crippen molar-refractivity contribution in [2.45, 2.75) is 63.3 Å². The Labute approximate surface area is 120 Å². The third-order valence-corrected chi connectivity index (χ3v) is 4.95. The minimum Gasteiger partial charge on any atom is -0.271 e. The Balaban J connectivity index is 1.86. The van der Waals surface area contributed by atoms with Crippen molar-refractivity contribution in [3.63, 3.8) is 0 Å². The molecule has 1 unspecified atom stereocenters. The molecule has 0 aromatic carbocycles. The highest BCUT2D eigenvalue weighted by Gasteiger charge is 2.18. The first-order valence-electron chi connectivity index (χ1n) is 7.30. The van der Waals surface area contributed by atoms with Crippen molar-refractivity contribution in [1.82, 2.24) is 15.2 Å². The molecule has 0 bridgehead atoms. The van der Waals surface area contributed by atoms with Crippen molar-refractivity contribution in [2.75, 3.05) is 5.75 Å². The van der Waals surface area contributed by atoms with Crippen LogP contribution in [0.4, 0.5) is 0 Å². The third kappa shape index (κ3) is 4.51. The number of hydrazine groups is 1. The monoisotopic (exact) mass is 282 g/mol. The van der Waals surface area contributed by atoms with Gasteiger partial charge >= 0.3 is 0 Å². The van der Waals surface area contributed by atoms with E-state index < -0.39 is 0 Å². The molecule has 0 spiro atoms. The van der Waals surface area contributed by atoms with Gasteiger partial charge in [-0.1, -0.05) is 26.7 Å². The first kappa shape index (κ1) is 14.9. The van der Waals surface area contributed by atoms with Gasteiger partial charge in [-0.05, 0) is 24.2 Å². The number of nitrogens with two attached hydrogens (primary N) is 1. The molecule has 108 valence electrons. The fourth-order valence-corrected chi connectivity index (χ4v) is 3.42. The maximum Gasteiger partial charge on any atom is 0.0641 e. The van der Waals surface area contributed by atoms with E-state index in [9.17, 15) is 0 Å². The second kappa shape index (κ2) is 7.31. The van der Waals surface area contributed by atoms with Crippen LogP contribution in [-0.2, 0) is 6.42 Å². The molecule has 4 nitrogen and oxygen atoms in total. The molecule has 19 heavy (non-hydrogen) atoms. The van der Waals surface area contributed by atoms with Gasteiger partial charge in [0.25, 0.3) is 0 Å². The molecular weight excluding hydrogens is 256 g/mol. The highest BCUT2D eigenvalue weighted by Crippen LogP contribution is 2.28. The van der Waals surface area contributed by atoms with Crippen molar-refractivity contribution >= 4 is 11.8 Å². The van der Waals surface area contributed by atoms with E-state index >= 15 is 0 Å². The zero-order chi connectivity index (χ0) is 13.7. The summed E-state index contributed by atoms with van der Waals surface area (Å²) in [6.45, 7) is 4.43. The predicted molar refractivity (Wildman–Crippen MR) is 82.1 cm³/mol. The van der Waals surface area contributed by atoms with Gasteiger partial charge in [-0.25, -0.2) is 0 Å². The van der Waals surface area contributed by atoms with Crippen molar-refractivity contribution in [2.24, 2.45) is 5.84 Å². The normalized spacial score (nSPS) is 18.3. The standard InChI is InChI=1S/C14H26N4S/c1-11(2)19-10-13(16-15)9-12-7-8-18(17-12)14-5-3-4-6-14/h7-8,11,13-14,16H,3-6,9-10,15H2,1-2H3. The SMILES string of the molecule is CC(C)SCC(Cc1ccn(C2CCCC2)n1)NN.